The summed E-state index contributed by atoms with van der Waals surface area (Å²) in [5, 5.41) is 0. The quantitative estimate of drug-likeness (QED) is 0.431. The molecule has 0 fully saturated rings. The fraction of sp³-hybridized carbons (Fsp3) is 0.556. The lowest BCUT2D eigenvalue weighted by Crippen LogP contribution is -1.90. The highest BCUT2D eigenvalue weighted by atomic mass is 16.5. The molecule has 0 aliphatic heterocycles. The molecule has 0 aromatic carbocycles. The highest BCUT2D eigenvalue weighted by molar-refractivity contribution is 5.19. The third-order valence-corrected chi connectivity index (χ3v) is 1.27. The number of ether oxygens (including phenoxy) is 1. The van der Waals surface area contributed by atoms with Gasteiger partial charge in [0.15, 0.2) is 0 Å². The van der Waals surface area contributed by atoms with Crippen LogP contribution < -0.4 is 0 Å². The topological polar surface area (TPSA) is 9.23 Å². The Kier molecular flexibility index (Phi) is 4.73. The molecule has 0 spiro atoms. The summed E-state index contributed by atoms with van der Waals surface area (Å²) in [4.78, 5) is 0. The molecule has 1 nitrogen and oxygen atoms in total. The van der Waals surface area contributed by atoms with Gasteiger partial charge in [0.05, 0.1) is 6.61 Å². The van der Waals surface area contributed by atoms with Crippen LogP contribution in [0.2, 0.25) is 0 Å². The maximum atomic E-state index is 5.19. The zero-order chi connectivity index (χ0) is 7.98. The number of allylic oxidation sites excluding steroid dienone is 2. The molecule has 0 saturated carbocycles. The third kappa shape index (κ3) is 3.33. The van der Waals surface area contributed by atoms with E-state index in [0.29, 0.717) is 6.61 Å². The fourth-order valence-electron chi connectivity index (χ4n) is 0.708. The predicted octanol–water partition coefficient (Wildman–Crippen LogP) is 2.89. The van der Waals surface area contributed by atoms with Crippen molar-refractivity contribution in [2.75, 3.05) is 6.61 Å². The lowest BCUT2D eigenvalue weighted by Gasteiger charge is -2.05. The minimum atomic E-state index is 0.702. The van der Waals surface area contributed by atoms with E-state index in [9.17, 15) is 0 Å². The zero-order valence-electron chi connectivity index (χ0n) is 7.11. The monoisotopic (exact) mass is 140 g/mol. The van der Waals surface area contributed by atoms with Crippen LogP contribution in [0.3, 0.4) is 0 Å². The predicted molar refractivity (Wildman–Crippen MR) is 44.8 cm³/mol. The van der Waals surface area contributed by atoms with Gasteiger partial charge in [-0.3, -0.25) is 0 Å². The van der Waals surface area contributed by atoms with Crippen LogP contribution in [0, 0.1) is 0 Å². The van der Waals surface area contributed by atoms with Crippen LogP contribution in [-0.4, -0.2) is 6.61 Å². The Morgan fingerprint density at radius 3 is 2.50 bits per heavy atom. The molecule has 0 bridgehead atoms. The summed E-state index contributed by atoms with van der Waals surface area (Å²) in [6, 6.07) is 0. The Morgan fingerprint density at radius 2 is 2.10 bits per heavy atom. The lowest BCUT2D eigenvalue weighted by atomic mass is 10.2. The second-order valence-corrected chi connectivity index (χ2v) is 2.15. The van der Waals surface area contributed by atoms with E-state index in [2.05, 4.69) is 19.6 Å². The zero-order valence-corrected chi connectivity index (χ0v) is 7.11. The molecule has 0 aliphatic carbocycles. The summed E-state index contributed by atoms with van der Waals surface area (Å²) >= 11 is 0. The Hall–Kier alpha value is -0.720. The van der Waals surface area contributed by atoms with Gasteiger partial charge >= 0.3 is 0 Å². The molecule has 0 aromatic heterocycles. The molecule has 10 heavy (non-hydrogen) atoms. The van der Waals surface area contributed by atoms with Crippen molar-refractivity contribution >= 4 is 0 Å². The van der Waals surface area contributed by atoms with Crippen molar-refractivity contribution in [1.82, 2.24) is 0 Å². The maximum absolute atomic E-state index is 5.19. The van der Waals surface area contributed by atoms with Crippen LogP contribution in [-0.2, 0) is 4.74 Å². The van der Waals surface area contributed by atoms with E-state index in [0.717, 1.165) is 17.8 Å². The van der Waals surface area contributed by atoms with Crippen molar-refractivity contribution in [3.8, 4) is 0 Å². The second kappa shape index (κ2) is 5.10. The SMILES string of the molecule is C=C(OCC)/C(C)=C/CC. The highest BCUT2D eigenvalue weighted by Gasteiger charge is 1.93. The summed E-state index contributed by atoms with van der Waals surface area (Å²) in [6.45, 7) is 10.6. The average molecular weight is 140 g/mol. The standard InChI is InChI=1S/C9H16O/c1-5-7-8(3)9(4)10-6-2/h7H,4-6H2,1-3H3/b8-7+. The van der Waals surface area contributed by atoms with Gasteiger partial charge in [0.25, 0.3) is 0 Å². The first-order chi connectivity index (χ1) is 4.72. The van der Waals surface area contributed by atoms with Crippen LogP contribution >= 0.6 is 0 Å². The minimum Gasteiger partial charge on any atom is -0.494 e. The maximum Gasteiger partial charge on any atom is 0.114 e. The van der Waals surface area contributed by atoms with E-state index in [1.54, 1.807) is 0 Å². The largest absolute Gasteiger partial charge is 0.494 e. The molecule has 0 heterocycles. The summed E-state index contributed by atoms with van der Waals surface area (Å²) in [5.41, 5.74) is 1.14. The molecule has 0 saturated heterocycles. The molecule has 0 rings (SSSR count). The Balaban J connectivity index is 3.82. The molecule has 0 amide bonds. The summed E-state index contributed by atoms with van der Waals surface area (Å²) < 4.78 is 5.19. The van der Waals surface area contributed by atoms with Crippen LogP contribution in [0.1, 0.15) is 27.2 Å². The van der Waals surface area contributed by atoms with E-state index < -0.39 is 0 Å². The molecular formula is C9H16O. The van der Waals surface area contributed by atoms with Crippen LogP contribution in [0.4, 0.5) is 0 Å². The summed E-state index contributed by atoms with van der Waals surface area (Å²) in [7, 11) is 0. The van der Waals surface area contributed by atoms with Gasteiger partial charge in [-0.05, 0) is 25.8 Å². The van der Waals surface area contributed by atoms with Crippen LogP contribution in [0.15, 0.2) is 24.0 Å². The molecule has 0 aliphatic rings. The van der Waals surface area contributed by atoms with Crippen molar-refractivity contribution < 1.29 is 4.74 Å². The minimum absolute atomic E-state index is 0.702. The van der Waals surface area contributed by atoms with E-state index in [-0.39, 0.29) is 0 Å². The Labute approximate surface area is 63.4 Å². The normalized spacial score (nSPS) is 11.3. The van der Waals surface area contributed by atoms with Gasteiger partial charge in [-0.2, -0.15) is 0 Å². The molecule has 58 valence electrons. The molecule has 0 N–H and O–H groups in total. The van der Waals surface area contributed by atoms with Gasteiger partial charge in [0.2, 0.25) is 0 Å². The summed E-state index contributed by atoms with van der Waals surface area (Å²) in [6.07, 6.45) is 3.15. The third-order valence-electron chi connectivity index (χ3n) is 1.27. The van der Waals surface area contributed by atoms with Gasteiger partial charge < -0.3 is 4.74 Å². The van der Waals surface area contributed by atoms with Gasteiger partial charge in [-0.1, -0.05) is 19.6 Å². The Morgan fingerprint density at radius 1 is 1.50 bits per heavy atom. The first kappa shape index (κ1) is 9.28. The van der Waals surface area contributed by atoms with E-state index >= 15 is 0 Å². The van der Waals surface area contributed by atoms with Crippen molar-refractivity contribution in [3.05, 3.63) is 24.0 Å². The van der Waals surface area contributed by atoms with Gasteiger partial charge in [0.1, 0.15) is 5.76 Å². The van der Waals surface area contributed by atoms with Crippen molar-refractivity contribution in [1.29, 1.82) is 0 Å². The smallest absolute Gasteiger partial charge is 0.114 e. The van der Waals surface area contributed by atoms with E-state index in [1.165, 1.54) is 0 Å². The molecule has 0 aromatic rings. The van der Waals surface area contributed by atoms with Gasteiger partial charge in [-0.25, -0.2) is 0 Å². The number of hydrogen-bond acceptors (Lipinski definition) is 1. The second-order valence-electron chi connectivity index (χ2n) is 2.15. The van der Waals surface area contributed by atoms with Crippen molar-refractivity contribution in [2.24, 2.45) is 0 Å². The van der Waals surface area contributed by atoms with E-state index in [1.807, 2.05) is 13.8 Å². The first-order valence-corrected chi connectivity index (χ1v) is 3.71. The number of hydrogen-bond donors (Lipinski definition) is 0. The molecule has 0 unspecified atom stereocenters. The van der Waals surface area contributed by atoms with Gasteiger partial charge in [-0.15, -0.1) is 0 Å². The Bertz CT molecular complexity index is 134. The van der Waals surface area contributed by atoms with Crippen LogP contribution in [0.5, 0.6) is 0 Å². The van der Waals surface area contributed by atoms with Crippen molar-refractivity contribution in [2.45, 2.75) is 27.2 Å². The highest BCUT2D eigenvalue weighted by Crippen LogP contribution is 2.08. The van der Waals surface area contributed by atoms with Crippen LogP contribution in [0.25, 0.3) is 0 Å². The molecule has 0 atom stereocenters. The van der Waals surface area contributed by atoms with E-state index in [4.69, 9.17) is 4.74 Å². The van der Waals surface area contributed by atoms with Gasteiger partial charge in [0, 0.05) is 0 Å². The lowest BCUT2D eigenvalue weighted by molar-refractivity contribution is 0.239. The first-order valence-electron chi connectivity index (χ1n) is 3.71. The summed E-state index contributed by atoms with van der Waals surface area (Å²) in [5.74, 6) is 0.796. The average Bonchev–Trinajstić information content (AvgIpc) is 1.89. The molecular weight excluding hydrogens is 124 g/mol. The van der Waals surface area contributed by atoms with Crippen molar-refractivity contribution in [3.63, 3.8) is 0 Å². The molecule has 1 heteroatoms. The molecule has 0 radical (unpaired) electrons. The fourth-order valence-corrected chi connectivity index (χ4v) is 0.708. The number of rotatable bonds is 4.